The Morgan fingerprint density at radius 2 is 1.80 bits per heavy atom. The predicted octanol–water partition coefficient (Wildman–Crippen LogP) is 3.91. The van der Waals surface area contributed by atoms with Crippen molar-refractivity contribution in [3.8, 4) is 11.4 Å². The highest BCUT2D eigenvalue weighted by molar-refractivity contribution is 6.05. The van der Waals surface area contributed by atoms with Gasteiger partial charge in [0.25, 0.3) is 11.8 Å². The van der Waals surface area contributed by atoms with Crippen molar-refractivity contribution in [1.82, 2.24) is 9.55 Å². The van der Waals surface area contributed by atoms with Gasteiger partial charge >= 0.3 is 0 Å². The molecule has 0 bridgehead atoms. The smallest absolute Gasteiger partial charge is 0.276 e. The highest BCUT2D eigenvalue weighted by Gasteiger charge is 2.25. The van der Waals surface area contributed by atoms with Gasteiger partial charge in [0.2, 0.25) is 0 Å². The van der Waals surface area contributed by atoms with Crippen molar-refractivity contribution in [1.29, 1.82) is 0 Å². The van der Waals surface area contributed by atoms with Gasteiger partial charge in [-0.15, -0.1) is 0 Å². The quantitative estimate of drug-likeness (QED) is 0.683. The number of nitrogens with one attached hydrogen (secondary N) is 1. The highest BCUT2D eigenvalue weighted by atomic mass is 19.1. The number of imidazole rings is 1. The van der Waals surface area contributed by atoms with E-state index in [-0.39, 0.29) is 11.4 Å². The third-order valence-corrected chi connectivity index (χ3v) is 5.19. The Bertz CT molecular complexity index is 1130. The van der Waals surface area contributed by atoms with Crippen LogP contribution in [0.2, 0.25) is 0 Å². The number of hydrogen-bond donors (Lipinski definition) is 2. The number of halogens is 2. The number of aromatic nitrogens is 2. The minimum atomic E-state index is -1.08. The lowest BCUT2D eigenvalue weighted by Crippen LogP contribution is -2.18. The molecule has 0 fully saturated rings. The average molecular weight is 410 g/mol. The van der Waals surface area contributed by atoms with E-state index in [1.165, 1.54) is 0 Å². The van der Waals surface area contributed by atoms with Crippen LogP contribution >= 0.6 is 0 Å². The van der Waals surface area contributed by atoms with Gasteiger partial charge in [-0.25, -0.2) is 13.8 Å². The molecule has 0 aliphatic carbocycles. The lowest BCUT2D eigenvalue weighted by atomic mass is 10.1. The zero-order chi connectivity index (χ0) is 21.3. The van der Waals surface area contributed by atoms with Gasteiger partial charge in [0, 0.05) is 18.2 Å². The molecule has 1 aromatic heterocycles. The van der Waals surface area contributed by atoms with Crippen molar-refractivity contribution in [3.05, 3.63) is 71.1 Å². The van der Waals surface area contributed by atoms with E-state index >= 15 is 0 Å². The van der Waals surface area contributed by atoms with E-state index in [2.05, 4.69) is 10.3 Å². The van der Waals surface area contributed by atoms with Crippen LogP contribution in [0.3, 0.4) is 0 Å². The van der Waals surface area contributed by atoms with Gasteiger partial charge in [-0.3, -0.25) is 9.59 Å². The second-order valence-electron chi connectivity index (χ2n) is 7.19. The molecule has 0 saturated carbocycles. The molecular formula is C22H20F2N4O2. The first-order valence-corrected chi connectivity index (χ1v) is 9.70. The van der Waals surface area contributed by atoms with E-state index in [0.29, 0.717) is 18.3 Å². The summed E-state index contributed by atoms with van der Waals surface area (Å²) in [6.45, 7) is 0.733. The maximum Gasteiger partial charge on any atom is 0.276 e. The molecule has 6 nitrogen and oxygen atoms in total. The summed E-state index contributed by atoms with van der Waals surface area (Å²) in [5.74, 6) is -3.08. The van der Waals surface area contributed by atoms with Crippen molar-refractivity contribution in [3.63, 3.8) is 0 Å². The fraction of sp³-hybridized carbons (Fsp3) is 0.227. The molecule has 8 heteroatoms. The number of hydrogen-bond acceptors (Lipinski definition) is 3. The Kier molecular flexibility index (Phi) is 5.31. The van der Waals surface area contributed by atoms with Crippen LogP contribution in [0.1, 0.15) is 45.8 Å². The molecule has 2 amide bonds. The third-order valence-electron chi connectivity index (χ3n) is 5.19. The molecule has 3 N–H and O–H groups in total. The lowest BCUT2D eigenvalue weighted by Gasteiger charge is -2.10. The number of benzene rings is 2. The minimum Gasteiger partial charge on any atom is -0.366 e. The predicted molar refractivity (Wildman–Crippen MR) is 108 cm³/mol. The summed E-state index contributed by atoms with van der Waals surface area (Å²) in [6.07, 6.45) is 3.59. The molecule has 4 rings (SSSR count). The summed E-state index contributed by atoms with van der Waals surface area (Å²) in [6, 6.07) is 11.0. The molecule has 3 aromatic rings. The first-order valence-electron chi connectivity index (χ1n) is 9.70. The number of primary amides is 1. The lowest BCUT2D eigenvalue weighted by molar-refractivity contribution is 0.0991. The van der Waals surface area contributed by atoms with Gasteiger partial charge in [-0.2, -0.15) is 0 Å². The Balaban J connectivity index is 1.74. The van der Waals surface area contributed by atoms with Crippen LogP contribution in [0.5, 0.6) is 0 Å². The molecule has 0 spiro atoms. The van der Waals surface area contributed by atoms with E-state index in [4.69, 9.17) is 5.73 Å². The van der Waals surface area contributed by atoms with Gasteiger partial charge in [-0.05, 0) is 25.3 Å². The summed E-state index contributed by atoms with van der Waals surface area (Å²) >= 11 is 0. The SMILES string of the molecule is NC(=O)c1cc(NC(=O)c2nc(-c3ccccc3)n3c2CCCCC3)c(F)cc1F. The molecule has 0 atom stereocenters. The number of amides is 2. The topological polar surface area (TPSA) is 90.0 Å². The van der Waals surface area contributed by atoms with Crippen LogP contribution in [0, 0.1) is 11.6 Å². The van der Waals surface area contributed by atoms with Crippen LogP contribution in [0.4, 0.5) is 14.5 Å². The van der Waals surface area contributed by atoms with E-state index < -0.39 is 29.0 Å². The van der Waals surface area contributed by atoms with Gasteiger partial charge < -0.3 is 15.6 Å². The van der Waals surface area contributed by atoms with Crippen molar-refractivity contribution in [2.24, 2.45) is 5.73 Å². The zero-order valence-corrected chi connectivity index (χ0v) is 16.1. The number of carbonyl (C=O) groups excluding carboxylic acids is 2. The molecule has 1 aliphatic rings. The Labute approximate surface area is 171 Å². The summed E-state index contributed by atoms with van der Waals surface area (Å²) in [5.41, 5.74) is 6.15. The highest BCUT2D eigenvalue weighted by Crippen LogP contribution is 2.28. The minimum absolute atomic E-state index is 0.195. The monoisotopic (exact) mass is 410 g/mol. The van der Waals surface area contributed by atoms with E-state index in [1.807, 2.05) is 34.9 Å². The van der Waals surface area contributed by atoms with E-state index in [1.54, 1.807) is 0 Å². The van der Waals surface area contributed by atoms with Gasteiger partial charge in [0.15, 0.2) is 0 Å². The number of anilines is 1. The maximum absolute atomic E-state index is 14.2. The molecule has 154 valence electrons. The Morgan fingerprint density at radius 1 is 1.03 bits per heavy atom. The first kappa shape index (κ1) is 19.8. The van der Waals surface area contributed by atoms with Crippen molar-refractivity contribution < 1.29 is 18.4 Å². The van der Waals surface area contributed by atoms with Crippen LogP contribution in [0.25, 0.3) is 11.4 Å². The van der Waals surface area contributed by atoms with Crippen LogP contribution in [-0.4, -0.2) is 21.4 Å². The molecule has 30 heavy (non-hydrogen) atoms. The van der Waals surface area contributed by atoms with E-state index in [9.17, 15) is 18.4 Å². The zero-order valence-electron chi connectivity index (χ0n) is 16.1. The fourth-order valence-corrected chi connectivity index (χ4v) is 3.72. The number of fused-ring (bicyclic) bond motifs is 1. The molecular weight excluding hydrogens is 390 g/mol. The summed E-state index contributed by atoms with van der Waals surface area (Å²) < 4.78 is 30.0. The molecule has 0 radical (unpaired) electrons. The number of carbonyl (C=O) groups is 2. The Morgan fingerprint density at radius 3 is 2.53 bits per heavy atom. The molecule has 2 heterocycles. The van der Waals surface area contributed by atoms with Gasteiger partial charge in [-0.1, -0.05) is 36.8 Å². The standard InChI is InChI=1S/C22H20F2N4O2/c23-15-12-16(24)17(11-14(15)20(25)29)26-22(30)19-18-9-5-2-6-10-28(18)21(27-19)13-7-3-1-4-8-13/h1,3-4,7-8,11-12H,2,5-6,9-10H2,(H2,25,29)(H,26,30). The summed E-state index contributed by atoms with van der Waals surface area (Å²) in [4.78, 5) is 28.9. The second kappa shape index (κ2) is 8.06. The van der Waals surface area contributed by atoms with Crippen LogP contribution in [-0.2, 0) is 13.0 Å². The number of nitrogens with zero attached hydrogens (tertiary/aromatic N) is 2. The first-order chi connectivity index (χ1) is 14.5. The molecule has 0 saturated heterocycles. The number of rotatable bonds is 4. The van der Waals surface area contributed by atoms with Crippen LogP contribution < -0.4 is 11.1 Å². The van der Waals surface area contributed by atoms with Crippen molar-refractivity contribution in [2.75, 3.05) is 5.32 Å². The second-order valence-corrected chi connectivity index (χ2v) is 7.19. The maximum atomic E-state index is 14.2. The normalized spacial score (nSPS) is 13.4. The fourth-order valence-electron chi connectivity index (χ4n) is 3.72. The summed E-state index contributed by atoms with van der Waals surface area (Å²) in [5, 5.41) is 2.42. The number of nitrogens with two attached hydrogens (primary N) is 1. The Hall–Kier alpha value is -3.55. The third kappa shape index (κ3) is 3.68. The summed E-state index contributed by atoms with van der Waals surface area (Å²) in [7, 11) is 0. The van der Waals surface area contributed by atoms with Crippen molar-refractivity contribution >= 4 is 17.5 Å². The molecule has 2 aromatic carbocycles. The van der Waals surface area contributed by atoms with Gasteiger partial charge in [0.05, 0.1) is 16.9 Å². The van der Waals surface area contributed by atoms with E-state index in [0.717, 1.165) is 43.1 Å². The molecule has 0 unspecified atom stereocenters. The molecule has 1 aliphatic heterocycles. The average Bonchev–Trinajstić information content (AvgIpc) is 2.91. The van der Waals surface area contributed by atoms with Crippen LogP contribution in [0.15, 0.2) is 42.5 Å². The van der Waals surface area contributed by atoms with Gasteiger partial charge in [0.1, 0.15) is 23.2 Å². The van der Waals surface area contributed by atoms with Crippen molar-refractivity contribution in [2.45, 2.75) is 32.2 Å². The largest absolute Gasteiger partial charge is 0.366 e.